The van der Waals surface area contributed by atoms with E-state index in [0.717, 1.165) is 0 Å². The van der Waals surface area contributed by atoms with Gasteiger partial charge in [0.15, 0.2) is 5.78 Å². The number of carbonyl (C=O) groups excluding carboxylic acids is 1. The largest absolute Gasteiger partial charge is 0.502 e. The summed E-state index contributed by atoms with van der Waals surface area (Å²) < 4.78 is 27.2. The molecule has 2 rings (SSSR count). The summed E-state index contributed by atoms with van der Waals surface area (Å²) in [5.41, 5.74) is 0.00491. The van der Waals surface area contributed by atoms with E-state index in [2.05, 4.69) is 4.72 Å². The number of aliphatic carboxylic acids is 1. The Bertz CT molecular complexity index is 1020. The van der Waals surface area contributed by atoms with Gasteiger partial charge in [-0.3, -0.25) is 9.52 Å². The maximum absolute atomic E-state index is 12.5. The molecule has 0 saturated carbocycles. The van der Waals surface area contributed by atoms with Gasteiger partial charge in [-0.1, -0.05) is 35.3 Å². The molecule has 10 heteroatoms. The molecule has 0 unspecified atom stereocenters. The Kier molecular flexibility index (Phi) is 5.91. The number of hydrogen-bond acceptors (Lipinski definition) is 5. The molecule has 0 amide bonds. The van der Waals surface area contributed by atoms with Crippen LogP contribution in [0.3, 0.4) is 0 Å². The maximum atomic E-state index is 12.5. The molecule has 0 spiro atoms. The number of aliphatic hydroxyl groups excluding tert-OH is 1. The molecule has 0 aliphatic carbocycles. The highest BCUT2D eigenvalue weighted by atomic mass is 35.5. The van der Waals surface area contributed by atoms with Crippen molar-refractivity contribution in [1.29, 1.82) is 0 Å². The van der Waals surface area contributed by atoms with Crippen molar-refractivity contribution in [2.24, 2.45) is 0 Å². The fraction of sp³-hybridized carbons (Fsp3) is 0. The van der Waals surface area contributed by atoms with Crippen molar-refractivity contribution in [3.05, 3.63) is 69.9 Å². The average molecular weight is 416 g/mol. The highest BCUT2D eigenvalue weighted by Gasteiger charge is 2.19. The van der Waals surface area contributed by atoms with Crippen LogP contribution in [0.25, 0.3) is 0 Å². The number of aliphatic hydroxyl groups is 1. The molecule has 0 aliphatic heterocycles. The molecule has 2 aromatic rings. The second kappa shape index (κ2) is 7.77. The Morgan fingerprint density at radius 1 is 1.04 bits per heavy atom. The summed E-state index contributed by atoms with van der Waals surface area (Å²) in [7, 11) is -4.08. The van der Waals surface area contributed by atoms with Gasteiger partial charge in [-0.05, 0) is 30.3 Å². The van der Waals surface area contributed by atoms with Crippen molar-refractivity contribution in [2.75, 3.05) is 4.72 Å². The molecule has 0 aromatic heterocycles. The maximum Gasteiger partial charge on any atom is 0.371 e. The number of allylic oxidation sites excluding steroid dienone is 1. The van der Waals surface area contributed by atoms with E-state index < -0.39 is 27.5 Å². The second-order valence-electron chi connectivity index (χ2n) is 4.96. The minimum atomic E-state index is -4.08. The van der Waals surface area contributed by atoms with Crippen LogP contribution in [0.4, 0.5) is 5.69 Å². The number of sulfonamides is 1. The number of ketones is 1. The first-order valence-electron chi connectivity index (χ1n) is 6.86. The van der Waals surface area contributed by atoms with Crippen molar-refractivity contribution >= 4 is 50.7 Å². The number of carboxylic acids is 1. The predicted octanol–water partition coefficient (Wildman–Crippen LogP) is 3.50. The van der Waals surface area contributed by atoms with Crippen LogP contribution >= 0.6 is 23.2 Å². The van der Waals surface area contributed by atoms with Gasteiger partial charge < -0.3 is 10.2 Å². The van der Waals surface area contributed by atoms with Crippen molar-refractivity contribution < 1.29 is 28.2 Å². The van der Waals surface area contributed by atoms with Crippen LogP contribution in [0, 0.1) is 0 Å². The second-order valence-corrected chi connectivity index (χ2v) is 7.45. The smallest absolute Gasteiger partial charge is 0.371 e. The van der Waals surface area contributed by atoms with E-state index >= 15 is 0 Å². The van der Waals surface area contributed by atoms with Gasteiger partial charge in [0, 0.05) is 22.3 Å². The van der Waals surface area contributed by atoms with Crippen molar-refractivity contribution in [2.45, 2.75) is 4.90 Å². The number of benzene rings is 2. The highest BCUT2D eigenvalue weighted by molar-refractivity contribution is 7.92. The van der Waals surface area contributed by atoms with E-state index in [4.69, 9.17) is 33.4 Å². The third-order valence-electron chi connectivity index (χ3n) is 3.07. The molecule has 26 heavy (non-hydrogen) atoms. The number of carboxylic acid groups (broad SMARTS) is 1. The normalized spacial score (nSPS) is 11.8. The molecule has 3 N–H and O–H groups in total. The summed E-state index contributed by atoms with van der Waals surface area (Å²) >= 11 is 11.7. The van der Waals surface area contributed by atoms with Gasteiger partial charge >= 0.3 is 5.97 Å². The fourth-order valence-corrected chi connectivity index (χ4v) is 3.71. The summed E-state index contributed by atoms with van der Waals surface area (Å²) in [6, 6.07) is 9.22. The van der Waals surface area contributed by atoms with Gasteiger partial charge in [-0.2, -0.15) is 0 Å². The molecule has 0 aliphatic rings. The first kappa shape index (κ1) is 19.8. The summed E-state index contributed by atoms with van der Waals surface area (Å²) in [6.07, 6.45) is 0.518. The van der Waals surface area contributed by atoms with Crippen LogP contribution in [-0.4, -0.2) is 30.4 Å². The monoisotopic (exact) mass is 415 g/mol. The lowest BCUT2D eigenvalue weighted by molar-refractivity contribution is -0.135. The third-order valence-corrected chi connectivity index (χ3v) is 5.17. The Labute approximate surface area is 158 Å². The van der Waals surface area contributed by atoms with Gasteiger partial charge in [-0.25, -0.2) is 13.2 Å². The van der Waals surface area contributed by atoms with E-state index in [1.807, 2.05) is 0 Å². The molecule has 0 saturated heterocycles. The topological polar surface area (TPSA) is 121 Å². The molecule has 7 nitrogen and oxygen atoms in total. The van der Waals surface area contributed by atoms with Gasteiger partial charge in [0.25, 0.3) is 10.0 Å². The summed E-state index contributed by atoms with van der Waals surface area (Å²) in [4.78, 5) is 22.2. The van der Waals surface area contributed by atoms with Crippen LogP contribution in [0.5, 0.6) is 0 Å². The lowest BCUT2D eigenvalue weighted by Crippen LogP contribution is -2.14. The first-order chi connectivity index (χ1) is 12.1. The first-order valence-corrected chi connectivity index (χ1v) is 9.10. The molecular formula is C16H11Cl2NO6S. The van der Waals surface area contributed by atoms with Crippen LogP contribution in [0.2, 0.25) is 10.0 Å². The number of halogens is 2. The van der Waals surface area contributed by atoms with Crippen LogP contribution in [0.15, 0.2) is 59.2 Å². The zero-order valence-corrected chi connectivity index (χ0v) is 15.1. The lowest BCUT2D eigenvalue weighted by atomic mass is 10.1. The van der Waals surface area contributed by atoms with Crippen molar-refractivity contribution in [1.82, 2.24) is 0 Å². The molecule has 2 aromatic carbocycles. The number of nitrogens with one attached hydrogen (secondary N) is 1. The number of rotatable bonds is 6. The predicted molar refractivity (Wildman–Crippen MR) is 96.4 cm³/mol. The zero-order valence-electron chi connectivity index (χ0n) is 12.8. The van der Waals surface area contributed by atoms with Crippen molar-refractivity contribution in [3.63, 3.8) is 0 Å². The molecular weight excluding hydrogens is 405 g/mol. The molecule has 136 valence electrons. The number of hydrogen-bond donors (Lipinski definition) is 3. The van der Waals surface area contributed by atoms with Crippen LogP contribution in [-0.2, 0) is 14.8 Å². The lowest BCUT2D eigenvalue weighted by Gasteiger charge is -2.10. The Morgan fingerprint density at radius 3 is 2.38 bits per heavy atom. The zero-order chi connectivity index (χ0) is 19.5. The standard InChI is InChI=1S/C16H11Cl2NO6S/c17-10-4-5-12(18)15(7-10)26(24,25)19-11-3-1-2-9(6-11)13(20)8-14(21)16(22)23/h1-8,19,21H,(H,22,23)/b14-8-. The van der Waals surface area contributed by atoms with Crippen LogP contribution in [0.1, 0.15) is 10.4 Å². The van der Waals surface area contributed by atoms with E-state index in [0.29, 0.717) is 6.08 Å². The van der Waals surface area contributed by atoms with Gasteiger partial charge in [-0.15, -0.1) is 0 Å². The third kappa shape index (κ3) is 4.75. The Hall–Kier alpha value is -2.55. The summed E-state index contributed by atoms with van der Waals surface area (Å²) in [6.45, 7) is 0. The molecule has 0 fully saturated rings. The molecule has 0 heterocycles. The fourth-order valence-electron chi connectivity index (χ4n) is 1.90. The summed E-state index contributed by atoms with van der Waals surface area (Å²) in [5.74, 6) is -3.61. The van der Waals surface area contributed by atoms with E-state index in [-0.39, 0.29) is 26.2 Å². The van der Waals surface area contributed by atoms with Gasteiger partial charge in [0.05, 0.1) is 5.02 Å². The quantitative estimate of drug-likeness (QED) is 0.377. The van der Waals surface area contributed by atoms with E-state index in [1.54, 1.807) is 0 Å². The molecule has 0 atom stereocenters. The average Bonchev–Trinajstić information content (AvgIpc) is 2.56. The van der Waals surface area contributed by atoms with E-state index in [1.165, 1.54) is 42.5 Å². The summed E-state index contributed by atoms with van der Waals surface area (Å²) in [5, 5.41) is 17.8. The van der Waals surface area contributed by atoms with E-state index in [9.17, 15) is 18.0 Å². The van der Waals surface area contributed by atoms with Gasteiger partial charge in [0.2, 0.25) is 5.76 Å². The van der Waals surface area contributed by atoms with Crippen molar-refractivity contribution in [3.8, 4) is 0 Å². The molecule has 0 radical (unpaired) electrons. The van der Waals surface area contributed by atoms with Gasteiger partial charge in [0.1, 0.15) is 4.90 Å². The highest BCUT2D eigenvalue weighted by Crippen LogP contribution is 2.27. The SMILES string of the molecule is O=C(O)/C(O)=C/C(=O)c1cccc(NS(=O)(=O)c2cc(Cl)ccc2Cl)c1. The Morgan fingerprint density at radius 2 is 1.73 bits per heavy atom. The number of carbonyl (C=O) groups is 2. The Balaban J connectivity index is 2.34. The number of anilines is 1. The minimum Gasteiger partial charge on any atom is -0.502 e. The van der Waals surface area contributed by atoms with Crippen LogP contribution < -0.4 is 4.72 Å². The molecule has 0 bridgehead atoms. The minimum absolute atomic E-state index is 0.0322.